The number of carbonyl (C=O) groups excluding carboxylic acids is 1. The molecule has 1 aromatic heterocycles. The zero-order valence-corrected chi connectivity index (χ0v) is 17.8. The zero-order chi connectivity index (χ0) is 21.8. The van der Waals surface area contributed by atoms with E-state index >= 15 is 0 Å². The molecular formula is C22H32N4O4. The predicted octanol–water partition coefficient (Wildman–Crippen LogP) is 3.63. The molecule has 8 heteroatoms. The molecule has 3 rings (SSSR count). The molecule has 0 radical (unpaired) electrons. The highest BCUT2D eigenvalue weighted by molar-refractivity contribution is 5.90. The van der Waals surface area contributed by atoms with Crippen molar-refractivity contribution in [2.24, 2.45) is 5.92 Å². The molecule has 0 unspecified atom stereocenters. The number of nitrogens with one attached hydrogen (secondary N) is 2. The molecule has 1 aliphatic heterocycles. The number of aromatic nitrogens is 2. The molecule has 30 heavy (non-hydrogen) atoms. The number of H-pyrrole nitrogens is 1. The topological polar surface area (TPSA) is 108 Å². The Morgan fingerprint density at radius 1 is 1.30 bits per heavy atom. The largest absolute Gasteiger partial charge is 0.497 e. The number of benzene rings is 1. The highest BCUT2D eigenvalue weighted by atomic mass is 16.5. The molecule has 1 aromatic carbocycles. The summed E-state index contributed by atoms with van der Waals surface area (Å²) in [6, 6.07) is 9.57. The van der Waals surface area contributed by atoms with Crippen LogP contribution in [-0.2, 0) is 9.59 Å². The van der Waals surface area contributed by atoms with Gasteiger partial charge >= 0.3 is 0 Å². The van der Waals surface area contributed by atoms with E-state index in [1.54, 1.807) is 7.11 Å². The molecule has 0 atom stereocenters. The summed E-state index contributed by atoms with van der Waals surface area (Å²) in [6.45, 7) is 5.59. The van der Waals surface area contributed by atoms with Gasteiger partial charge in [-0.2, -0.15) is 5.10 Å². The van der Waals surface area contributed by atoms with Crippen molar-refractivity contribution in [1.82, 2.24) is 15.1 Å². The number of piperidine rings is 1. The number of ether oxygens (including phenoxy) is 1. The molecule has 2 aromatic rings. The summed E-state index contributed by atoms with van der Waals surface area (Å²) < 4.78 is 5.17. The number of aromatic amines is 1. The quantitative estimate of drug-likeness (QED) is 0.448. The maximum absolute atomic E-state index is 12.1. The molecule has 0 saturated carbocycles. The van der Waals surface area contributed by atoms with E-state index in [0.29, 0.717) is 12.2 Å². The van der Waals surface area contributed by atoms with Crippen molar-refractivity contribution in [3.8, 4) is 17.0 Å². The minimum atomic E-state index is -0.250. The fourth-order valence-electron chi connectivity index (χ4n) is 3.42. The minimum Gasteiger partial charge on any atom is -0.497 e. The van der Waals surface area contributed by atoms with Gasteiger partial charge in [-0.1, -0.05) is 6.92 Å². The maximum Gasteiger partial charge on any atom is 0.290 e. The van der Waals surface area contributed by atoms with Gasteiger partial charge in [0.2, 0.25) is 5.91 Å². The number of carboxylic acid groups (broad SMARTS) is 1. The monoisotopic (exact) mass is 416 g/mol. The van der Waals surface area contributed by atoms with E-state index in [1.165, 1.54) is 25.9 Å². The minimum absolute atomic E-state index is 0.0232. The number of likely N-dealkylation sites (tertiary alicyclic amines) is 1. The molecule has 0 spiro atoms. The van der Waals surface area contributed by atoms with Crippen LogP contribution in [0.1, 0.15) is 39.0 Å². The summed E-state index contributed by atoms with van der Waals surface area (Å²) in [4.78, 5) is 23.0. The van der Waals surface area contributed by atoms with E-state index < -0.39 is 0 Å². The van der Waals surface area contributed by atoms with Crippen LogP contribution in [0.3, 0.4) is 0 Å². The predicted molar refractivity (Wildman–Crippen MR) is 117 cm³/mol. The number of nitrogens with zero attached hydrogens (tertiary/aromatic N) is 2. The number of anilines is 1. The molecule has 2 heterocycles. The molecular weight excluding hydrogens is 384 g/mol. The lowest BCUT2D eigenvalue weighted by Gasteiger charge is -2.30. The summed E-state index contributed by atoms with van der Waals surface area (Å²) in [5, 5.41) is 16.9. The molecule has 1 saturated heterocycles. The van der Waals surface area contributed by atoms with E-state index in [-0.39, 0.29) is 12.4 Å². The Morgan fingerprint density at radius 2 is 1.97 bits per heavy atom. The van der Waals surface area contributed by atoms with E-state index in [9.17, 15) is 4.79 Å². The summed E-state index contributed by atoms with van der Waals surface area (Å²) >= 11 is 0. The third-order valence-electron chi connectivity index (χ3n) is 5.25. The lowest BCUT2D eigenvalue weighted by Crippen LogP contribution is -2.33. The van der Waals surface area contributed by atoms with E-state index in [2.05, 4.69) is 27.3 Å². The fraction of sp³-hybridized carbons (Fsp3) is 0.500. The summed E-state index contributed by atoms with van der Waals surface area (Å²) in [5.74, 6) is 2.26. The van der Waals surface area contributed by atoms with Crippen molar-refractivity contribution in [3.63, 3.8) is 0 Å². The highest BCUT2D eigenvalue weighted by Crippen LogP contribution is 2.22. The molecule has 1 fully saturated rings. The molecule has 0 aliphatic carbocycles. The Hall–Kier alpha value is -2.87. The first-order chi connectivity index (χ1) is 14.5. The highest BCUT2D eigenvalue weighted by Gasteiger charge is 2.15. The van der Waals surface area contributed by atoms with Gasteiger partial charge in [0.15, 0.2) is 5.82 Å². The van der Waals surface area contributed by atoms with Gasteiger partial charge in [-0.3, -0.25) is 14.7 Å². The molecule has 8 nitrogen and oxygen atoms in total. The van der Waals surface area contributed by atoms with Crippen LogP contribution in [0.2, 0.25) is 0 Å². The fourth-order valence-corrected chi connectivity index (χ4v) is 3.42. The number of rotatable bonds is 8. The van der Waals surface area contributed by atoms with Crippen LogP contribution in [0.4, 0.5) is 5.82 Å². The van der Waals surface area contributed by atoms with Gasteiger partial charge in [0, 0.05) is 12.5 Å². The van der Waals surface area contributed by atoms with Crippen LogP contribution in [0.25, 0.3) is 11.3 Å². The van der Waals surface area contributed by atoms with Crippen molar-refractivity contribution < 1.29 is 19.4 Å². The maximum atomic E-state index is 12.1. The third kappa shape index (κ3) is 7.87. The number of hydrogen-bond acceptors (Lipinski definition) is 5. The second-order valence-electron chi connectivity index (χ2n) is 7.53. The van der Waals surface area contributed by atoms with Gasteiger partial charge in [0.25, 0.3) is 6.47 Å². The Kier molecular flexibility index (Phi) is 9.86. The second-order valence-corrected chi connectivity index (χ2v) is 7.53. The van der Waals surface area contributed by atoms with Gasteiger partial charge in [-0.05, 0) is 81.1 Å². The Labute approximate surface area is 177 Å². The Balaban J connectivity index is 0.00000101. The van der Waals surface area contributed by atoms with Crippen molar-refractivity contribution in [3.05, 3.63) is 30.3 Å². The van der Waals surface area contributed by atoms with Gasteiger partial charge in [-0.25, -0.2) is 0 Å². The molecule has 1 amide bonds. The van der Waals surface area contributed by atoms with Crippen molar-refractivity contribution >= 4 is 18.2 Å². The summed E-state index contributed by atoms with van der Waals surface area (Å²) in [7, 11) is 1.64. The molecule has 1 aliphatic rings. The third-order valence-corrected chi connectivity index (χ3v) is 5.25. The first-order valence-electron chi connectivity index (χ1n) is 10.4. The van der Waals surface area contributed by atoms with Gasteiger partial charge < -0.3 is 20.1 Å². The van der Waals surface area contributed by atoms with E-state index in [1.807, 2.05) is 30.3 Å². The lowest BCUT2D eigenvalue weighted by molar-refractivity contribution is -0.123. The van der Waals surface area contributed by atoms with Crippen LogP contribution in [0.5, 0.6) is 5.75 Å². The average Bonchev–Trinajstić information content (AvgIpc) is 3.21. The number of carbonyl (C=O) groups is 2. The van der Waals surface area contributed by atoms with Gasteiger partial charge in [0.1, 0.15) is 5.75 Å². The van der Waals surface area contributed by atoms with Gasteiger partial charge in [0.05, 0.1) is 12.8 Å². The van der Waals surface area contributed by atoms with Crippen LogP contribution in [0, 0.1) is 5.92 Å². The Morgan fingerprint density at radius 3 is 2.60 bits per heavy atom. The van der Waals surface area contributed by atoms with Crippen LogP contribution >= 0.6 is 0 Å². The Bertz CT molecular complexity index is 768. The van der Waals surface area contributed by atoms with Crippen molar-refractivity contribution in [1.29, 1.82) is 0 Å². The summed E-state index contributed by atoms with van der Waals surface area (Å²) in [6.07, 6.45) is 5.12. The van der Waals surface area contributed by atoms with E-state index in [4.69, 9.17) is 14.6 Å². The molecule has 3 N–H and O–H groups in total. The van der Waals surface area contributed by atoms with Gasteiger partial charge in [-0.15, -0.1) is 0 Å². The lowest BCUT2D eigenvalue weighted by atomic mass is 9.99. The normalized spacial score (nSPS) is 14.5. The molecule has 164 valence electrons. The van der Waals surface area contributed by atoms with Crippen LogP contribution < -0.4 is 10.1 Å². The SMILES string of the molecule is COc1ccc(-c2cc(NC(=O)CCCCN3CCC(C)CC3)n[nH]2)cc1.O=CO. The van der Waals surface area contributed by atoms with Crippen molar-refractivity contribution in [2.45, 2.75) is 39.0 Å². The number of amides is 1. The summed E-state index contributed by atoms with van der Waals surface area (Å²) in [5.41, 5.74) is 1.87. The first-order valence-corrected chi connectivity index (χ1v) is 10.4. The van der Waals surface area contributed by atoms with E-state index in [0.717, 1.165) is 42.3 Å². The second kappa shape index (κ2) is 12.6. The van der Waals surface area contributed by atoms with Crippen molar-refractivity contribution in [2.75, 3.05) is 32.1 Å². The standard InChI is InChI=1S/C21H30N4O2.CH2O2/c1-16-10-13-25(14-11-16)12-4-3-5-21(26)22-20-15-19(23-24-20)17-6-8-18(27-2)9-7-17;2-1-3/h6-9,15-16H,3-5,10-14H2,1-2H3,(H2,22,23,24,26);1H,(H,2,3). The number of hydrogen-bond donors (Lipinski definition) is 3. The number of unbranched alkanes of at least 4 members (excludes halogenated alkanes) is 1. The average molecular weight is 417 g/mol. The first kappa shape index (κ1) is 23.4. The van der Waals surface area contributed by atoms with Crippen LogP contribution in [-0.4, -0.2) is 59.3 Å². The molecule has 0 bridgehead atoms. The van der Waals surface area contributed by atoms with Crippen LogP contribution in [0.15, 0.2) is 30.3 Å². The number of methoxy groups -OCH3 is 1. The zero-order valence-electron chi connectivity index (χ0n) is 17.8. The smallest absolute Gasteiger partial charge is 0.290 e.